The largest absolute Gasteiger partial charge is 0.312 e. The number of carbonyl (C=O) groups excluding carboxylic acids is 1. The summed E-state index contributed by atoms with van der Waals surface area (Å²) in [6.07, 6.45) is 2.04. The van der Waals surface area contributed by atoms with Crippen molar-refractivity contribution >= 4 is 28.3 Å². The Morgan fingerprint density at radius 1 is 1.10 bits per heavy atom. The standard InChI is InChI=1S/C24H25N5O/c1-14-13-15(2)25-23-22(14)24-26-16(3)19(17(4)29(24)27-23)9-10-21(30)28-12-11-18-7-5-6-8-20(18)28/h5-8,13H,9-12H2,1-4H3. The van der Waals surface area contributed by atoms with Crippen LogP contribution in [0.15, 0.2) is 30.3 Å². The first-order valence-corrected chi connectivity index (χ1v) is 10.4. The van der Waals surface area contributed by atoms with Crippen molar-refractivity contribution in [1.29, 1.82) is 0 Å². The second-order valence-electron chi connectivity index (χ2n) is 8.20. The highest BCUT2D eigenvalue weighted by molar-refractivity contribution is 5.96. The first-order valence-electron chi connectivity index (χ1n) is 10.4. The predicted molar refractivity (Wildman–Crippen MR) is 118 cm³/mol. The minimum absolute atomic E-state index is 0.164. The minimum atomic E-state index is 0.164. The van der Waals surface area contributed by atoms with Crippen molar-refractivity contribution in [2.75, 3.05) is 11.4 Å². The number of fused-ring (bicyclic) bond motifs is 4. The topological polar surface area (TPSA) is 63.4 Å². The van der Waals surface area contributed by atoms with E-state index in [9.17, 15) is 4.79 Å². The van der Waals surface area contributed by atoms with E-state index in [-0.39, 0.29) is 5.91 Å². The molecule has 6 nitrogen and oxygen atoms in total. The highest BCUT2D eigenvalue weighted by Crippen LogP contribution is 2.29. The first-order chi connectivity index (χ1) is 14.4. The molecule has 0 spiro atoms. The molecule has 0 aliphatic carbocycles. The van der Waals surface area contributed by atoms with Crippen LogP contribution >= 0.6 is 0 Å². The summed E-state index contributed by atoms with van der Waals surface area (Å²) >= 11 is 0. The van der Waals surface area contributed by atoms with Gasteiger partial charge >= 0.3 is 0 Å². The van der Waals surface area contributed by atoms with Gasteiger partial charge in [-0.25, -0.2) is 14.5 Å². The van der Waals surface area contributed by atoms with E-state index in [4.69, 9.17) is 10.1 Å². The third-order valence-electron chi connectivity index (χ3n) is 6.19. The van der Waals surface area contributed by atoms with Gasteiger partial charge in [0, 0.05) is 35.7 Å². The van der Waals surface area contributed by atoms with Gasteiger partial charge in [-0.2, -0.15) is 0 Å². The number of hydrogen-bond acceptors (Lipinski definition) is 4. The fourth-order valence-corrected chi connectivity index (χ4v) is 4.69. The van der Waals surface area contributed by atoms with Crippen molar-refractivity contribution < 1.29 is 4.79 Å². The van der Waals surface area contributed by atoms with Crippen molar-refractivity contribution in [1.82, 2.24) is 19.6 Å². The van der Waals surface area contributed by atoms with Gasteiger partial charge in [0.2, 0.25) is 5.91 Å². The van der Waals surface area contributed by atoms with Crippen LogP contribution in [0.2, 0.25) is 0 Å². The Hall–Kier alpha value is -3.28. The first kappa shape index (κ1) is 18.7. The third kappa shape index (κ3) is 2.86. The van der Waals surface area contributed by atoms with Crippen molar-refractivity contribution in [2.45, 2.75) is 47.0 Å². The van der Waals surface area contributed by atoms with Crippen LogP contribution < -0.4 is 4.90 Å². The number of benzene rings is 1. The van der Waals surface area contributed by atoms with Gasteiger partial charge in [0.05, 0.1) is 5.39 Å². The number of aromatic nitrogens is 4. The molecule has 1 aromatic carbocycles. The average molecular weight is 399 g/mol. The van der Waals surface area contributed by atoms with E-state index >= 15 is 0 Å². The van der Waals surface area contributed by atoms with E-state index in [2.05, 4.69) is 31.0 Å². The van der Waals surface area contributed by atoms with Crippen LogP contribution in [0.3, 0.4) is 0 Å². The Kier molecular flexibility index (Phi) is 4.31. The number of amides is 1. The van der Waals surface area contributed by atoms with Gasteiger partial charge in [0.15, 0.2) is 11.3 Å². The number of aryl methyl sites for hydroxylation is 4. The fraction of sp³-hybridized carbons (Fsp3) is 0.333. The van der Waals surface area contributed by atoms with Crippen LogP contribution in [0, 0.1) is 27.7 Å². The molecule has 1 aliphatic heterocycles. The Morgan fingerprint density at radius 3 is 2.73 bits per heavy atom. The molecule has 30 heavy (non-hydrogen) atoms. The molecule has 0 atom stereocenters. The summed E-state index contributed by atoms with van der Waals surface area (Å²) in [5, 5.41) is 5.72. The predicted octanol–water partition coefficient (Wildman–Crippen LogP) is 4.03. The lowest BCUT2D eigenvalue weighted by atomic mass is 10.1. The van der Waals surface area contributed by atoms with Gasteiger partial charge in [0.25, 0.3) is 0 Å². The average Bonchev–Trinajstić information content (AvgIpc) is 3.29. The fourth-order valence-electron chi connectivity index (χ4n) is 4.69. The van der Waals surface area contributed by atoms with Crippen LogP contribution in [0.4, 0.5) is 5.69 Å². The molecule has 5 rings (SSSR count). The molecule has 1 aliphatic rings. The molecule has 0 saturated heterocycles. The number of pyridine rings is 1. The van der Waals surface area contributed by atoms with Crippen LogP contribution in [0.1, 0.15) is 40.2 Å². The second kappa shape index (κ2) is 6.90. The monoisotopic (exact) mass is 399 g/mol. The summed E-state index contributed by atoms with van der Waals surface area (Å²) in [7, 11) is 0. The van der Waals surface area contributed by atoms with E-state index in [0.29, 0.717) is 12.8 Å². The van der Waals surface area contributed by atoms with Gasteiger partial charge in [0.1, 0.15) is 0 Å². The number of hydrogen-bond donors (Lipinski definition) is 0. The Labute approximate surface area is 175 Å². The molecule has 152 valence electrons. The van der Waals surface area contributed by atoms with Crippen LogP contribution in [0.25, 0.3) is 16.7 Å². The molecule has 0 bridgehead atoms. The van der Waals surface area contributed by atoms with E-state index < -0.39 is 0 Å². The lowest BCUT2D eigenvalue weighted by molar-refractivity contribution is -0.118. The van der Waals surface area contributed by atoms with Gasteiger partial charge in [-0.3, -0.25) is 4.79 Å². The molecule has 0 N–H and O–H groups in total. The summed E-state index contributed by atoms with van der Waals surface area (Å²) in [6.45, 7) is 8.90. The molecular weight excluding hydrogens is 374 g/mol. The van der Waals surface area contributed by atoms with Crippen LogP contribution in [0.5, 0.6) is 0 Å². The summed E-state index contributed by atoms with van der Waals surface area (Å²) in [6, 6.07) is 10.2. The van der Waals surface area contributed by atoms with Gasteiger partial charge < -0.3 is 4.90 Å². The molecule has 0 saturated carbocycles. The third-order valence-corrected chi connectivity index (χ3v) is 6.19. The summed E-state index contributed by atoms with van der Waals surface area (Å²) in [5.74, 6) is 0.164. The quantitative estimate of drug-likeness (QED) is 0.522. The van der Waals surface area contributed by atoms with Crippen molar-refractivity contribution in [3.05, 3.63) is 64.1 Å². The number of anilines is 1. The molecule has 0 radical (unpaired) electrons. The second-order valence-corrected chi connectivity index (χ2v) is 8.20. The molecule has 0 unspecified atom stereocenters. The van der Waals surface area contributed by atoms with Crippen molar-refractivity contribution in [2.24, 2.45) is 0 Å². The lowest BCUT2D eigenvalue weighted by Gasteiger charge is -2.18. The normalized spacial score (nSPS) is 13.4. The van der Waals surface area contributed by atoms with E-state index in [1.165, 1.54) is 5.56 Å². The molecule has 4 heterocycles. The minimum Gasteiger partial charge on any atom is -0.312 e. The zero-order valence-corrected chi connectivity index (χ0v) is 17.9. The van der Waals surface area contributed by atoms with Crippen LogP contribution in [-0.2, 0) is 17.6 Å². The molecule has 6 heteroatoms. The zero-order valence-electron chi connectivity index (χ0n) is 17.9. The van der Waals surface area contributed by atoms with Gasteiger partial charge in [-0.15, -0.1) is 5.10 Å². The lowest BCUT2D eigenvalue weighted by Crippen LogP contribution is -2.29. The van der Waals surface area contributed by atoms with E-state index in [1.54, 1.807) is 0 Å². The molecule has 0 fully saturated rings. The maximum absolute atomic E-state index is 13.0. The Bertz CT molecular complexity index is 1320. The number of carbonyl (C=O) groups is 1. The molecule has 4 aromatic rings. The molecular formula is C24H25N5O. The SMILES string of the molecule is Cc1cc(C)c2c(n1)nn1c(C)c(CCC(=O)N3CCc4ccccc43)c(C)nc21. The highest BCUT2D eigenvalue weighted by atomic mass is 16.2. The van der Waals surface area contributed by atoms with Crippen LogP contribution in [-0.4, -0.2) is 32.0 Å². The highest BCUT2D eigenvalue weighted by Gasteiger charge is 2.24. The zero-order chi connectivity index (χ0) is 21.0. The summed E-state index contributed by atoms with van der Waals surface area (Å²) < 4.78 is 1.89. The van der Waals surface area contributed by atoms with E-state index in [0.717, 1.165) is 63.5 Å². The van der Waals surface area contributed by atoms with E-state index in [1.807, 2.05) is 41.5 Å². The van der Waals surface area contributed by atoms with Gasteiger partial charge in [-0.1, -0.05) is 18.2 Å². The van der Waals surface area contributed by atoms with Crippen molar-refractivity contribution in [3.63, 3.8) is 0 Å². The Balaban J connectivity index is 1.47. The molecule has 1 amide bonds. The summed E-state index contributed by atoms with van der Waals surface area (Å²) in [4.78, 5) is 24.3. The summed E-state index contributed by atoms with van der Waals surface area (Å²) in [5.41, 5.74) is 9.04. The number of para-hydroxylation sites is 1. The van der Waals surface area contributed by atoms with Gasteiger partial charge in [-0.05, 0) is 69.4 Å². The Morgan fingerprint density at radius 2 is 1.90 bits per heavy atom. The maximum Gasteiger partial charge on any atom is 0.227 e. The maximum atomic E-state index is 13.0. The number of nitrogens with zero attached hydrogens (tertiary/aromatic N) is 5. The molecule has 3 aromatic heterocycles. The number of rotatable bonds is 3. The van der Waals surface area contributed by atoms with Crippen molar-refractivity contribution in [3.8, 4) is 0 Å². The smallest absolute Gasteiger partial charge is 0.227 e.